The zero-order valence-corrected chi connectivity index (χ0v) is 13.6. The van der Waals surface area contributed by atoms with Gasteiger partial charge in [-0.1, -0.05) is 0 Å². The number of anilines is 1. The molecular formula is C16H24N4O3. The number of ether oxygens (including phenoxy) is 1. The number of nitrogens with zero attached hydrogens (tertiary/aromatic N) is 3. The molecule has 1 N–H and O–H groups in total. The van der Waals surface area contributed by atoms with Gasteiger partial charge in [0.2, 0.25) is 0 Å². The fourth-order valence-electron chi connectivity index (χ4n) is 2.25. The van der Waals surface area contributed by atoms with Crippen molar-refractivity contribution in [3.63, 3.8) is 0 Å². The Hall–Kier alpha value is -2.31. The lowest BCUT2D eigenvalue weighted by molar-refractivity contribution is 0.0240. The fraction of sp³-hybridized carbons (Fsp3) is 0.562. The van der Waals surface area contributed by atoms with Crippen LogP contribution in [0.2, 0.25) is 0 Å². The van der Waals surface area contributed by atoms with Crippen molar-refractivity contribution in [1.82, 2.24) is 15.2 Å². The number of hydrogen-bond acceptors (Lipinski definition) is 5. The molecule has 1 aliphatic heterocycles. The molecule has 2 heterocycles. The SMILES string of the molecule is [2H]C([2H])([2H])NC(=O)c1ccc(N2CCN(C(=O)OC(C)(C)C)CC2)cn1. The van der Waals surface area contributed by atoms with Crippen molar-refractivity contribution in [2.45, 2.75) is 26.4 Å². The summed E-state index contributed by atoms with van der Waals surface area (Å²) < 4.78 is 26.5. The smallest absolute Gasteiger partial charge is 0.410 e. The summed E-state index contributed by atoms with van der Waals surface area (Å²) in [7, 11) is 0. The second kappa shape index (κ2) is 6.85. The van der Waals surface area contributed by atoms with E-state index < -0.39 is 18.5 Å². The number of carbonyl (C=O) groups excluding carboxylic acids is 2. The molecule has 1 aromatic rings. The van der Waals surface area contributed by atoms with Crippen LogP contribution in [0.5, 0.6) is 0 Å². The van der Waals surface area contributed by atoms with E-state index in [1.165, 1.54) is 12.3 Å². The standard InChI is InChI=1S/C16H24N4O3/c1-16(2,3)23-15(22)20-9-7-19(8-10-20)12-5-6-13(18-11-12)14(21)17-4/h5-6,11H,7-10H2,1-4H3,(H,17,21)/i4D3. The molecule has 0 spiro atoms. The Morgan fingerprint density at radius 2 is 1.96 bits per heavy atom. The molecular weight excluding hydrogens is 296 g/mol. The number of rotatable bonds is 2. The molecule has 0 saturated carbocycles. The first-order valence-corrected chi connectivity index (χ1v) is 7.46. The Bertz CT molecular complexity index is 648. The summed E-state index contributed by atoms with van der Waals surface area (Å²) in [6.07, 6.45) is 1.20. The highest BCUT2D eigenvalue weighted by Gasteiger charge is 2.26. The van der Waals surface area contributed by atoms with Crippen LogP contribution in [0.1, 0.15) is 35.4 Å². The van der Waals surface area contributed by atoms with E-state index >= 15 is 0 Å². The molecule has 2 rings (SSSR count). The molecule has 0 unspecified atom stereocenters. The summed E-state index contributed by atoms with van der Waals surface area (Å²) in [5, 5.41) is 1.90. The van der Waals surface area contributed by atoms with E-state index in [0.717, 1.165) is 5.69 Å². The summed E-state index contributed by atoms with van der Waals surface area (Å²) >= 11 is 0. The van der Waals surface area contributed by atoms with Gasteiger partial charge < -0.3 is 19.9 Å². The third-order valence-corrected chi connectivity index (χ3v) is 3.39. The zero-order chi connectivity index (χ0) is 19.5. The predicted octanol–water partition coefficient (Wildman–Crippen LogP) is 1.50. The summed E-state index contributed by atoms with van der Waals surface area (Å²) in [5.74, 6) is -0.744. The van der Waals surface area contributed by atoms with Crippen LogP contribution < -0.4 is 10.2 Å². The molecule has 126 valence electrons. The Labute approximate surface area is 140 Å². The average Bonchev–Trinajstić information content (AvgIpc) is 2.52. The molecule has 1 aromatic heterocycles. The van der Waals surface area contributed by atoms with Gasteiger partial charge in [0, 0.05) is 37.3 Å². The molecule has 7 heteroatoms. The van der Waals surface area contributed by atoms with Gasteiger partial charge in [-0.2, -0.15) is 0 Å². The van der Waals surface area contributed by atoms with E-state index in [4.69, 9.17) is 8.85 Å². The lowest BCUT2D eigenvalue weighted by Gasteiger charge is -2.36. The first-order valence-electron chi connectivity index (χ1n) is 8.96. The van der Waals surface area contributed by atoms with Crippen molar-refractivity contribution in [3.8, 4) is 0 Å². The average molecular weight is 323 g/mol. The normalized spacial score (nSPS) is 17.8. The van der Waals surface area contributed by atoms with Gasteiger partial charge in [0.25, 0.3) is 5.91 Å². The largest absolute Gasteiger partial charge is 0.444 e. The van der Waals surface area contributed by atoms with Crippen molar-refractivity contribution in [2.24, 2.45) is 0 Å². The lowest BCUT2D eigenvalue weighted by atomic mass is 10.2. The molecule has 0 bridgehead atoms. The molecule has 23 heavy (non-hydrogen) atoms. The molecule has 0 aliphatic carbocycles. The highest BCUT2D eigenvalue weighted by Crippen LogP contribution is 2.17. The number of amides is 2. The highest BCUT2D eigenvalue weighted by molar-refractivity contribution is 5.92. The van der Waals surface area contributed by atoms with Crippen molar-refractivity contribution in [2.75, 3.05) is 38.1 Å². The molecule has 7 nitrogen and oxygen atoms in total. The maximum atomic E-state index is 12.1. The van der Waals surface area contributed by atoms with E-state index in [1.54, 1.807) is 11.0 Å². The van der Waals surface area contributed by atoms with Gasteiger partial charge in [0.1, 0.15) is 11.3 Å². The summed E-state index contributed by atoms with van der Waals surface area (Å²) in [6, 6.07) is 3.20. The van der Waals surface area contributed by atoms with Crippen molar-refractivity contribution < 1.29 is 18.4 Å². The van der Waals surface area contributed by atoms with E-state index in [-0.39, 0.29) is 11.8 Å². The van der Waals surface area contributed by atoms with E-state index in [9.17, 15) is 9.59 Å². The van der Waals surface area contributed by atoms with Crippen LogP contribution in [-0.4, -0.2) is 60.6 Å². The maximum absolute atomic E-state index is 12.1. The van der Waals surface area contributed by atoms with Gasteiger partial charge in [0.15, 0.2) is 0 Å². The Morgan fingerprint density at radius 3 is 2.48 bits per heavy atom. The Balaban J connectivity index is 1.91. The lowest BCUT2D eigenvalue weighted by Crippen LogP contribution is -2.50. The minimum atomic E-state index is -2.55. The van der Waals surface area contributed by atoms with Crippen LogP contribution in [0.15, 0.2) is 18.3 Å². The first kappa shape index (κ1) is 13.2. The van der Waals surface area contributed by atoms with Gasteiger partial charge in [-0.15, -0.1) is 0 Å². The zero-order valence-electron chi connectivity index (χ0n) is 16.6. The number of carbonyl (C=O) groups is 2. The van der Waals surface area contributed by atoms with Crippen LogP contribution in [0, 0.1) is 0 Å². The minimum absolute atomic E-state index is 0.0391. The van der Waals surface area contributed by atoms with Crippen molar-refractivity contribution in [3.05, 3.63) is 24.0 Å². The van der Waals surface area contributed by atoms with E-state index in [0.29, 0.717) is 26.2 Å². The van der Waals surface area contributed by atoms with E-state index in [2.05, 4.69) is 4.98 Å². The van der Waals surface area contributed by atoms with Crippen LogP contribution in [0.4, 0.5) is 10.5 Å². The number of pyridine rings is 1. The number of hydrogen-bond donors (Lipinski definition) is 1. The molecule has 2 amide bonds. The monoisotopic (exact) mass is 323 g/mol. The molecule has 0 radical (unpaired) electrons. The Kier molecular flexibility index (Phi) is 3.92. The third kappa shape index (κ3) is 4.58. The summed E-state index contributed by atoms with van der Waals surface area (Å²) in [5.41, 5.74) is 0.319. The van der Waals surface area contributed by atoms with Gasteiger partial charge in [0.05, 0.1) is 11.9 Å². The van der Waals surface area contributed by atoms with Crippen LogP contribution in [0.3, 0.4) is 0 Å². The topological polar surface area (TPSA) is 74.8 Å². The molecule has 1 fully saturated rings. The molecule has 0 aromatic carbocycles. The van der Waals surface area contributed by atoms with Crippen LogP contribution in [-0.2, 0) is 4.74 Å². The van der Waals surface area contributed by atoms with Crippen LogP contribution in [0.25, 0.3) is 0 Å². The molecule has 1 saturated heterocycles. The second-order valence-corrected chi connectivity index (χ2v) is 6.31. The first-order chi connectivity index (χ1) is 11.9. The number of nitrogens with one attached hydrogen (secondary N) is 1. The quantitative estimate of drug-likeness (QED) is 0.893. The molecule has 1 aliphatic rings. The van der Waals surface area contributed by atoms with Gasteiger partial charge in [-0.25, -0.2) is 9.78 Å². The van der Waals surface area contributed by atoms with Gasteiger partial charge in [-0.05, 0) is 32.9 Å². The number of aromatic nitrogens is 1. The summed E-state index contributed by atoms with van der Waals surface area (Å²) in [4.78, 5) is 31.6. The second-order valence-electron chi connectivity index (χ2n) is 6.31. The fourth-order valence-corrected chi connectivity index (χ4v) is 2.25. The predicted molar refractivity (Wildman–Crippen MR) is 87.6 cm³/mol. The van der Waals surface area contributed by atoms with Gasteiger partial charge in [-0.3, -0.25) is 4.79 Å². The summed E-state index contributed by atoms with van der Waals surface area (Å²) in [6.45, 7) is 5.22. The van der Waals surface area contributed by atoms with Crippen LogP contribution >= 0.6 is 0 Å². The minimum Gasteiger partial charge on any atom is -0.444 e. The third-order valence-electron chi connectivity index (χ3n) is 3.39. The Morgan fingerprint density at radius 1 is 1.26 bits per heavy atom. The molecule has 0 atom stereocenters. The highest BCUT2D eigenvalue weighted by atomic mass is 16.6. The van der Waals surface area contributed by atoms with Gasteiger partial charge >= 0.3 is 6.09 Å². The number of piperazine rings is 1. The van der Waals surface area contributed by atoms with E-state index in [1.807, 2.05) is 31.0 Å². The maximum Gasteiger partial charge on any atom is 0.410 e. The van der Waals surface area contributed by atoms with Crippen molar-refractivity contribution >= 4 is 17.7 Å². The van der Waals surface area contributed by atoms with Crippen molar-refractivity contribution in [1.29, 1.82) is 0 Å².